The molecule has 2 heterocycles. The molecule has 0 aromatic carbocycles. The third-order valence-corrected chi connectivity index (χ3v) is 2.25. The van der Waals surface area contributed by atoms with Gasteiger partial charge in [0.05, 0.1) is 19.5 Å². The van der Waals surface area contributed by atoms with Crippen LogP contribution in [0.2, 0.25) is 0 Å². The molecule has 0 spiro atoms. The number of anilines is 1. The van der Waals surface area contributed by atoms with Crippen molar-refractivity contribution in [3.63, 3.8) is 0 Å². The van der Waals surface area contributed by atoms with E-state index in [-0.39, 0.29) is 24.8 Å². The Bertz CT molecular complexity index is 307. The smallest absolute Gasteiger partial charge is 0.233 e. The summed E-state index contributed by atoms with van der Waals surface area (Å²) in [6.07, 6.45) is 3.39. The highest BCUT2D eigenvalue weighted by Gasteiger charge is 2.12. The summed E-state index contributed by atoms with van der Waals surface area (Å²) in [5, 5.41) is 3.29. The van der Waals surface area contributed by atoms with Crippen molar-refractivity contribution in [2.24, 2.45) is 0 Å². The number of hydrogen-bond donors (Lipinski definition) is 1. The van der Waals surface area contributed by atoms with Gasteiger partial charge in [-0.25, -0.2) is 0 Å². The average molecular weight is 267 g/mol. The number of aromatic nitrogens is 2. The first-order chi connectivity index (χ1) is 6.90. The van der Waals surface area contributed by atoms with Gasteiger partial charge in [0.1, 0.15) is 0 Å². The van der Waals surface area contributed by atoms with Crippen molar-refractivity contribution >= 4 is 30.6 Å². The number of piperazine rings is 1. The van der Waals surface area contributed by atoms with Gasteiger partial charge in [0.15, 0.2) is 5.82 Å². The first-order valence-electron chi connectivity index (χ1n) is 4.72. The van der Waals surface area contributed by atoms with Crippen molar-refractivity contribution in [3.05, 3.63) is 12.4 Å². The third-order valence-electron chi connectivity index (χ3n) is 2.25. The van der Waals surface area contributed by atoms with E-state index in [1.165, 1.54) is 0 Å². The molecule has 0 bridgehead atoms. The van der Waals surface area contributed by atoms with E-state index < -0.39 is 0 Å². The van der Waals surface area contributed by atoms with Crippen LogP contribution in [0.1, 0.15) is 0 Å². The van der Waals surface area contributed by atoms with Gasteiger partial charge in [-0.2, -0.15) is 4.98 Å². The lowest BCUT2D eigenvalue weighted by Gasteiger charge is -2.28. The summed E-state index contributed by atoms with van der Waals surface area (Å²) in [5.41, 5.74) is 0. The van der Waals surface area contributed by atoms with E-state index in [4.69, 9.17) is 4.74 Å². The standard InChI is InChI=1S/C9H14N4O.2ClH/c1-14-9-7-11-6-8(12-9)13-4-2-10-3-5-13;;/h6-7,10H,2-5H2,1H3;2*1H. The van der Waals surface area contributed by atoms with Crippen molar-refractivity contribution in [2.45, 2.75) is 0 Å². The molecule has 0 aliphatic carbocycles. The first kappa shape index (κ1) is 15.2. The molecule has 0 amide bonds. The third kappa shape index (κ3) is 3.66. The quantitative estimate of drug-likeness (QED) is 0.856. The van der Waals surface area contributed by atoms with Gasteiger partial charge in [-0.05, 0) is 0 Å². The van der Waals surface area contributed by atoms with Crippen molar-refractivity contribution in [2.75, 3.05) is 38.2 Å². The maximum atomic E-state index is 5.03. The van der Waals surface area contributed by atoms with E-state index in [1.54, 1.807) is 19.5 Å². The van der Waals surface area contributed by atoms with Crippen LogP contribution in [-0.4, -0.2) is 43.3 Å². The van der Waals surface area contributed by atoms with Gasteiger partial charge in [0.25, 0.3) is 0 Å². The molecule has 1 saturated heterocycles. The number of halogens is 2. The number of rotatable bonds is 2. The molecule has 92 valence electrons. The van der Waals surface area contributed by atoms with Crippen LogP contribution in [0.5, 0.6) is 5.88 Å². The minimum Gasteiger partial charge on any atom is -0.480 e. The molecule has 7 heteroatoms. The molecule has 16 heavy (non-hydrogen) atoms. The molecule has 1 aliphatic heterocycles. The zero-order chi connectivity index (χ0) is 9.80. The van der Waals surface area contributed by atoms with Crippen LogP contribution in [0.4, 0.5) is 5.82 Å². The van der Waals surface area contributed by atoms with Crippen molar-refractivity contribution < 1.29 is 4.74 Å². The van der Waals surface area contributed by atoms with E-state index in [2.05, 4.69) is 20.2 Å². The molecule has 1 N–H and O–H groups in total. The highest BCUT2D eigenvalue weighted by Crippen LogP contribution is 2.13. The summed E-state index contributed by atoms with van der Waals surface area (Å²) in [4.78, 5) is 10.6. The lowest BCUT2D eigenvalue weighted by atomic mass is 10.3. The van der Waals surface area contributed by atoms with Crippen LogP contribution in [-0.2, 0) is 0 Å². The minimum absolute atomic E-state index is 0. The number of ether oxygens (including phenoxy) is 1. The van der Waals surface area contributed by atoms with Crippen LogP contribution in [0.3, 0.4) is 0 Å². The van der Waals surface area contributed by atoms with Crippen molar-refractivity contribution in [1.29, 1.82) is 0 Å². The van der Waals surface area contributed by atoms with Gasteiger partial charge in [0.2, 0.25) is 5.88 Å². The molecule has 0 atom stereocenters. The SMILES string of the molecule is COc1cncc(N2CCNCC2)n1.Cl.Cl. The van der Waals surface area contributed by atoms with Crippen molar-refractivity contribution in [3.8, 4) is 5.88 Å². The number of methoxy groups -OCH3 is 1. The molecule has 2 rings (SSSR count). The Kier molecular flexibility index (Phi) is 7.12. The molecule has 0 radical (unpaired) electrons. The molecule has 1 aromatic heterocycles. The highest BCUT2D eigenvalue weighted by atomic mass is 35.5. The summed E-state index contributed by atoms with van der Waals surface area (Å²) in [6.45, 7) is 3.95. The number of nitrogens with one attached hydrogen (secondary N) is 1. The van der Waals surface area contributed by atoms with Crippen LogP contribution in [0.15, 0.2) is 12.4 Å². The summed E-state index contributed by atoms with van der Waals surface area (Å²) in [5.74, 6) is 1.46. The minimum atomic E-state index is 0. The van der Waals surface area contributed by atoms with Gasteiger partial charge in [0, 0.05) is 26.2 Å². The van der Waals surface area contributed by atoms with Gasteiger partial charge in [-0.15, -0.1) is 24.8 Å². The fraction of sp³-hybridized carbons (Fsp3) is 0.556. The molecular weight excluding hydrogens is 251 g/mol. The fourth-order valence-electron chi connectivity index (χ4n) is 1.48. The fourth-order valence-corrected chi connectivity index (χ4v) is 1.48. The molecule has 0 unspecified atom stereocenters. The molecular formula is C9H16Cl2N4O. The Morgan fingerprint density at radius 3 is 2.56 bits per heavy atom. The van der Waals surface area contributed by atoms with Gasteiger partial charge < -0.3 is 15.0 Å². The normalized spacial score (nSPS) is 14.7. The Hall–Kier alpha value is -0.780. The number of nitrogens with zero attached hydrogens (tertiary/aromatic N) is 3. The molecule has 0 saturated carbocycles. The molecule has 5 nitrogen and oxygen atoms in total. The second-order valence-electron chi connectivity index (χ2n) is 3.16. The monoisotopic (exact) mass is 266 g/mol. The van der Waals surface area contributed by atoms with Crippen LogP contribution in [0.25, 0.3) is 0 Å². The van der Waals surface area contributed by atoms with Gasteiger partial charge >= 0.3 is 0 Å². The second-order valence-corrected chi connectivity index (χ2v) is 3.16. The zero-order valence-corrected chi connectivity index (χ0v) is 10.7. The van der Waals surface area contributed by atoms with E-state index in [1.807, 2.05) is 0 Å². The summed E-state index contributed by atoms with van der Waals surface area (Å²) in [6, 6.07) is 0. The van der Waals surface area contributed by atoms with E-state index in [0.29, 0.717) is 5.88 Å². The zero-order valence-electron chi connectivity index (χ0n) is 9.05. The topological polar surface area (TPSA) is 50.3 Å². The maximum absolute atomic E-state index is 5.03. The van der Waals surface area contributed by atoms with Gasteiger partial charge in [-0.1, -0.05) is 0 Å². The number of hydrogen-bond acceptors (Lipinski definition) is 5. The van der Waals surface area contributed by atoms with E-state index in [9.17, 15) is 0 Å². The van der Waals surface area contributed by atoms with E-state index >= 15 is 0 Å². The van der Waals surface area contributed by atoms with Crippen LogP contribution >= 0.6 is 24.8 Å². The van der Waals surface area contributed by atoms with Crippen molar-refractivity contribution in [1.82, 2.24) is 15.3 Å². The Labute approximate surface area is 107 Å². The summed E-state index contributed by atoms with van der Waals surface area (Å²) in [7, 11) is 1.60. The van der Waals surface area contributed by atoms with Crippen LogP contribution in [0, 0.1) is 0 Å². The van der Waals surface area contributed by atoms with Gasteiger partial charge in [-0.3, -0.25) is 4.98 Å². The summed E-state index contributed by atoms with van der Waals surface area (Å²) < 4.78 is 5.03. The second kappa shape index (κ2) is 7.49. The van der Waals surface area contributed by atoms with E-state index in [0.717, 1.165) is 32.0 Å². The molecule has 1 aliphatic rings. The Morgan fingerprint density at radius 1 is 1.25 bits per heavy atom. The lowest BCUT2D eigenvalue weighted by molar-refractivity contribution is 0.395. The first-order valence-corrected chi connectivity index (χ1v) is 4.72. The largest absolute Gasteiger partial charge is 0.480 e. The summed E-state index contributed by atoms with van der Waals surface area (Å²) >= 11 is 0. The predicted octanol–water partition coefficient (Wildman–Crippen LogP) is 0.738. The Balaban J connectivity index is 0.00000112. The molecule has 1 aromatic rings. The maximum Gasteiger partial charge on any atom is 0.233 e. The highest BCUT2D eigenvalue weighted by molar-refractivity contribution is 5.85. The predicted molar refractivity (Wildman–Crippen MR) is 68.2 cm³/mol. The Morgan fingerprint density at radius 2 is 1.94 bits per heavy atom. The lowest BCUT2D eigenvalue weighted by Crippen LogP contribution is -2.43. The average Bonchev–Trinajstić information content (AvgIpc) is 2.30. The molecule has 1 fully saturated rings. The van der Waals surface area contributed by atoms with Crippen LogP contribution < -0.4 is 15.0 Å².